The van der Waals surface area contributed by atoms with Crippen LogP contribution in [0.15, 0.2) is 36.4 Å². The zero-order valence-corrected chi connectivity index (χ0v) is 15.9. The molecule has 2 rings (SSSR count). The molecule has 144 valence electrons. The summed E-state index contributed by atoms with van der Waals surface area (Å²) < 4.78 is 15.7. The van der Waals surface area contributed by atoms with E-state index in [1.807, 2.05) is 31.2 Å². The second-order valence-corrected chi connectivity index (χ2v) is 5.90. The van der Waals surface area contributed by atoms with Crippen LogP contribution in [0.5, 0.6) is 17.2 Å². The van der Waals surface area contributed by atoms with E-state index in [4.69, 9.17) is 14.2 Å². The van der Waals surface area contributed by atoms with Gasteiger partial charge in [-0.15, -0.1) is 0 Å². The van der Waals surface area contributed by atoms with E-state index in [1.165, 1.54) is 21.3 Å². The number of nitrogens with one attached hydrogen (secondary N) is 2. The molecule has 27 heavy (non-hydrogen) atoms. The molecule has 0 aliphatic rings. The Labute approximate surface area is 158 Å². The van der Waals surface area contributed by atoms with Crippen LogP contribution in [0.2, 0.25) is 0 Å². The van der Waals surface area contributed by atoms with Crippen molar-refractivity contribution in [2.75, 3.05) is 26.6 Å². The lowest BCUT2D eigenvalue weighted by molar-refractivity contribution is -0.126. The quantitative estimate of drug-likeness (QED) is 0.696. The first kappa shape index (κ1) is 20.1. The fraction of sp³-hybridized carbons (Fsp3) is 0.300. The SMILES string of the molecule is COc1cc(NC(=O)CC(=O)NCc2cccc(C)c2)cc(OC)c1OC. The van der Waals surface area contributed by atoms with E-state index in [0.29, 0.717) is 29.5 Å². The molecular weight excluding hydrogens is 348 g/mol. The number of aryl methyl sites for hydroxylation is 1. The number of ether oxygens (including phenoxy) is 3. The Hall–Kier alpha value is -3.22. The van der Waals surface area contributed by atoms with E-state index in [0.717, 1.165) is 11.1 Å². The van der Waals surface area contributed by atoms with Gasteiger partial charge < -0.3 is 24.8 Å². The van der Waals surface area contributed by atoms with Gasteiger partial charge in [0.05, 0.1) is 21.3 Å². The van der Waals surface area contributed by atoms with Crippen molar-refractivity contribution in [1.82, 2.24) is 5.32 Å². The zero-order chi connectivity index (χ0) is 19.8. The maximum atomic E-state index is 12.2. The molecule has 2 aromatic carbocycles. The van der Waals surface area contributed by atoms with Crippen LogP contribution in [0.4, 0.5) is 5.69 Å². The van der Waals surface area contributed by atoms with Crippen molar-refractivity contribution >= 4 is 17.5 Å². The molecule has 7 nitrogen and oxygen atoms in total. The number of rotatable bonds is 8. The summed E-state index contributed by atoms with van der Waals surface area (Å²) in [5.41, 5.74) is 2.54. The summed E-state index contributed by atoms with van der Waals surface area (Å²) in [5.74, 6) is 0.452. The highest BCUT2D eigenvalue weighted by Gasteiger charge is 2.15. The normalized spacial score (nSPS) is 10.1. The average molecular weight is 372 g/mol. The number of benzene rings is 2. The van der Waals surface area contributed by atoms with Crippen LogP contribution in [0.25, 0.3) is 0 Å². The van der Waals surface area contributed by atoms with Gasteiger partial charge in [-0.2, -0.15) is 0 Å². The van der Waals surface area contributed by atoms with Crippen molar-refractivity contribution in [3.8, 4) is 17.2 Å². The van der Waals surface area contributed by atoms with E-state index in [-0.39, 0.29) is 12.3 Å². The first-order valence-corrected chi connectivity index (χ1v) is 8.39. The highest BCUT2D eigenvalue weighted by atomic mass is 16.5. The lowest BCUT2D eigenvalue weighted by Gasteiger charge is -2.14. The summed E-state index contributed by atoms with van der Waals surface area (Å²) in [4.78, 5) is 24.2. The summed E-state index contributed by atoms with van der Waals surface area (Å²) >= 11 is 0. The zero-order valence-electron chi connectivity index (χ0n) is 15.9. The van der Waals surface area contributed by atoms with Gasteiger partial charge in [0.15, 0.2) is 11.5 Å². The van der Waals surface area contributed by atoms with Gasteiger partial charge in [-0.25, -0.2) is 0 Å². The van der Waals surface area contributed by atoms with Gasteiger partial charge in [0.25, 0.3) is 0 Å². The van der Waals surface area contributed by atoms with Gasteiger partial charge in [-0.05, 0) is 12.5 Å². The monoisotopic (exact) mass is 372 g/mol. The Morgan fingerprint density at radius 2 is 1.59 bits per heavy atom. The van der Waals surface area contributed by atoms with Crippen molar-refractivity contribution in [1.29, 1.82) is 0 Å². The van der Waals surface area contributed by atoms with Crippen LogP contribution in [0, 0.1) is 6.92 Å². The van der Waals surface area contributed by atoms with Crippen LogP contribution in [-0.4, -0.2) is 33.1 Å². The van der Waals surface area contributed by atoms with E-state index in [1.54, 1.807) is 12.1 Å². The molecule has 0 saturated carbocycles. The second-order valence-electron chi connectivity index (χ2n) is 5.90. The molecule has 0 atom stereocenters. The highest BCUT2D eigenvalue weighted by molar-refractivity contribution is 6.03. The maximum Gasteiger partial charge on any atom is 0.233 e. The van der Waals surface area contributed by atoms with Gasteiger partial charge in [-0.3, -0.25) is 9.59 Å². The molecule has 0 aliphatic heterocycles. The molecule has 0 unspecified atom stereocenters. The molecule has 0 aromatic heterocycles. The number of carbonyl (C=O) groups excluding carboxylic acids is 2. The Balaban J connectivity index is 1.95. The predicted octanol–water partition coefficient (Wildman–Crippen LogP) is 2.67. The largest absolute Gasteiger partial charge is 0.493 e. The Morgan fingerprint density at radius 3 is 2.15 bits per heavy atom. The van der Waals surface area contributed by atoms with Crippen molar-refractivity contribution in [3.05, 3.63) is 47.5 Å². The van der Waals surface area contributed by atoms with Gasteiger partial charge in [0.2, 0.25) is 17.6 Å². The fourth-order valence-electron chi connectivity index (χ4n) is 2.59. The Morgan fingerprint density at radius 1 is 0.926 bits per heavy atom. The summed E-state index contributed by atoms with van der Waals surface area (Å²) in [7, 11) is 4.47. The Bertz CT molecular complexity index is 795. The number of hydrogen-bond acceptors (Lipinski definition) is 5. The molecule has 0 aliphatic carbocycles. The van der Waals surface area contributed by atoms with Crippen LogP contribution >= 0.6 is 0 Å². The first-order chi connectivity index (χ1) is 13.0. The van der Waals surface area contributed by atoms with Crippen molar-refractivity contribution in [2.24, 2.45) is 0 Å². The number of carbonyl (C=O) groups is 2. The highest BCUT2D eigenvalue weighted by Crippen LogP contribution is 2.39. The van der Waals surface area contributed by atoms with E-state index < -0.39 is 5.91 Å². The van der Waals surface area contributed by atoms with Crippen molar-refractivity contribution in [3.63, 3.8) is 0 Å². The molecule has 2 aromatic rings. The first-order valence-electron chi connectivity index (χ1n) is 8.39. The van der Waals surface area contributed by atoms with Crippen LogP contribution < -0.4 is 24.8 Å². The molecule has 0 bridgehead atoms. The summed E-state index contributed by atoms with van der Waals surface area (Å²) in [6.45, 7) is 2.36. The molecule has 2 amide bonds. The lowest BCUT2D eigenvalue weighted by Crippen LogP contribution is -2.27. The van der Waals surface area contributed by atoms with Crippen molar-refractivity contribution in [2.45, 2.75) is 19.9 Å². The summed E-state index contributed by atoms with van der Waals surface area (Å²) in [6.07, 6.45) is -0.289. The van der Waals surface area contributed by atoms with Gasteiger partial charge in [-0.1, -0.05) is 29.8 Å². The minimum absolute atomic E-state index is 0.289. The number of amides is 2. The molecular formula is C20H24N2O5. The van der Waals surface area contributed by atoms with E-state index in [9.17, 15) is 9.59 Å². The smallest absolute Gasteiger partial charge is 0.233 e. The van der Waals surface area contributed by atoms with Gasteiger partial charge in [0.1, 0.15) is 6.42 Å². The summed E-state index contributed by atoms with van der Waals surface area (Å²) in [5, 5.41) is 5.40. The molecule has 0 spiro atoms. The third kappa shape index (κ3) is 5.64. The fourth-order valence-corrected chi connectivity index (χ4v) is 2.59. The lowest BCUT2D eigenvalue weighted by atomic mass is 10.1. The molecule has 0 saturated heterocycles. The molecule has 0 heterocycles. The predicted molar refractivity (Wildman–Crippen MR) is 102 cm³/mol. The molecule has 0 fully saturated rings. The van der Waals surface area contributed by atoms with Gasteiger partial charge in [0, 0.05) is 24.4 Å². The molecule has 7 heteroatoms. The minimum Gasteiger partial charge on any atom is -0.493 e. The average Bonchev–Trinajstić information content (AvgIpc) is 2.65. The summed E-state index contributed by atoms with van der Waals surface area (Å²) in [6, 6.07) is 11.0. The molecule has 0 radical (unpaired) electrons. The maximum absolute atomic E-state index is 12.2. The van der Waals surface area contributed by atoms with E-state index >= 15 is 0 Å². The third-order valence-corrected chi connectivity index (χ3v) is 3.84. The van der Waals surface area contributed by atoms with Crippen LogP contribution in [0.3, 0.4) is 0 Å². The number of anilines is 1. The number of hydrogen-bond donors (Lipinski definition) is 2. The minimum atomic E-state index is -0.439. The van der Waals surface area contributed by atoms with Gasteiger partial charge >= 0.3 is 0 Å². The standard InChI is InChI=1S/C20H24N2O5/c1-13-6-5-7-14(8-13)12-21-18(23)11-19(24)22-15-9-16(25-2)20(27-4)17(10-15)26-3/h5-10H,11-12H2,1-4H3,(H,21,23)(H,22,24). The Kier molecular flexibility index (Phi) is 7.05. The third-order valence-electron chi connectivity index (χ3n) is 3.84. The van der Waals surface area contributed by atoms with E-state index in [2.05, 4.69) is 10.6 Å². The second kappa shape index (κ2) is 9.47. The number of methoxy groups -OCH3 is 3. The van der Waals surface area contributed by atoms with Crippen molar-refractivity contribution < 1.29 is 23.8 Å². The van der Waals surface area contributed by atoms with Crippen LogP contribution in [0.1, 0.15) is 17.5 Å². The van der Waals surface area contributed by atoms with Crippen LogP contribution in [-0.2, 0) is 16.1 Å². The topological polar surface area (TPSA) is 85.9 Å². The molecule has 2 N–H and O–H groups in total.